The van der Waals surface area contributed by atoms with Gasteiger partial charge in [-0.25, -0.2) is 16.8 Å². The fourth-order valence-corrected chi connectivity index (χ4v) is 5.66. The number of hydrogen-bond donors (Lipinski definition) is 1. The highest BCUT2D eigenvalue weighted by molar-refractivity contribution is 7.93. The van der Waals surface area contributed by atoms with E-state index < -0.39 is 31.9 Å². The molecule has 1 atom stereocenters. The van der Waals surface area contributed by atoms with Gasteiger partial charge in [-0.15, -0.1) is 0 Å². The predicted octanol–water partition coefficient (Wildman–Crippen LogP) is 2.23. The molecule has 0 saturated heterocycles. The third kappa shape index (κ3) is 4.40. The van der Waals surface area contributed by atoms with E-state index in [1.54, 1.807) is 24.3 Å². The van der Waals surface area contributed by atoms with Gasteiger partial charge in [0.1, 0.15) is 10.6 Å². The van der Waals surface area contributed by atoms with Gasteiger partial charge in [-0.3, -0.25) is 9.10 Å². The predicted molar refractivity (Wildman–Crippen MR) is 113 cm³/mol. The molecule has 0 aromatic heterocycles. The van der Waals surface area contributed by atoms with Crippen molar-refractivity contribution in [3.05, 3.63) is 47.5 Å². The Balaban J connectivity index is 2.09. The molecule has 0 bridgehead atoms. The van der Waals surface area contributed by atoms with Crippen LogP contribution in [0.25, 0.3) is 0 Å². The van der Waals surface area contributed by atoms with Gasteiger partial charge in [0.05, 0.1) is 22.2 Å². The maximum absolute atomic E-state index is 13.5. The summed E-state index contributed by atoms with van der Waals surface area (Å²) in [7, 11) is -7.96. The Hall–Kier alpha value is -2.30. The summed E-state index contributed by atoms with van der Waals surface area (Å²) in [4.78, 5) is 11.9. The summed E-state index contributed by atoms with van der Waals surface area (Å²) in [5.74, 6) is -0.220. The van der Waals surface area contributed by atoms with Gasteiger partial charge in [0.15, 0.2) is 15.9 Å². The number of para-hydroxylation sites is 2. The van der Waals surface area contributed by atoms with Crippen LogP contribution in [0, 0.1) is 0 Å². The Bertz CT molecular complexity index is 1180. The number of ether oxygens (including phenoxy) is 1. The molecule has 2 aromatic rings. The van der Waals surface area contributed by atoms with Crippen LogP contribution < -0.4 is 14.4 Å². The van der Waals surface area contributed by atoms with Crippen LogP contribution in [0.1, 0.15) is 13.3 Å². The maximum Gasteiger partial charge on any atom is 0.266 e. The minimum Gasteiger partial charge on any atom is -0.476 e. The molecule has 162 valence electrons. The average molecular weight is 473 g/mol. The molecule has 11 heteroatoms. The summed E-state index contributed by atoms with van der Waals surface area (Å²) < 4.78 is 57.6. The highest BCUT2D eigenvalue weighted by Gasteiger charge is 2.38. The van der Waals surface area contributed by atoms with Gasteiger partial charge < -0.3 is 10.1 Å². The molecular weight excluding hydrogens is 452 g/mol. The van der Waals surface area contributed by atoms with Crippen LogP contribution in [-0.4, -0.2) is 48.2 Å². The van der Waals surface area contributed by atoms with Gasteiger partial charge in [0.25, 0.3) is 15.9 Å². The number of carbonyl (C=O) groups excluding carboxylic acids is 1. The summed E-state index contributed by atoms with van der Waals surface area (Å²) in [6.07, 6.45) is 0.619. The molecule has 0 spiro atoms. The second-order valence-corrected chi connectivity index (χ2v) is 11.0. The van der Waals surface area contributed by atoms with Gasteiger partial charge in [-0.05, 0) is 36.8 Å². The lowest BCUT2D eigenvalue weighted by Gasteiger charge is -2.34. The van der Waals surface area contributed by atoms with Crippen molar-refractivity contribution >= 4 is 43.1 Å². The second kappa shape index (κ2) is 8.44. The summed E-state index contributed by atoms with van der Waals surface area (Å²) >= 11 is 6.13. The second-order valence-electron chi connectivity index (χ2n) is 6.77. The molecule has 1 aliphatic heterocycles. The lowest BCUT2D eigenvalue weighted by Crippen LogP contribution is -2.50. The Morgan fingerprint density at radius 3 is 2.57 bits per heavy atom. The van der Waals surface area contributed by atoms with Crippen LogP contribution in [0.2, 0.25) is 5.02 Å². The first-order valence-corrected chi connectivity index (χ1v) is 12.8. The highest BCUT2D eigenvalue weighted by Crippen LogP contribution is 2.38. The number of amides is 1. The summed E-state index contributed by atoms with van der Waals surface area (Å²) in [5, 5.41) is 2.57. The number of halogens is 1. The number of rotatable bonds is 6. The van der Waals surface area contributed by atoms with E-state index in [0.29, 0.717) is 13.0 Å². The molecule has 1 heterocycles. The SMILES string of the molecule is CCCNC(=O)C1CN(S(=O)(=O)c2cc(S(C)(=O)=O)ccc2Cl)c2ccccc2O1. The molecule has 1 amide bonds. The molecule has 3 rings (SSSR count). The highest BCUT2D eigenvalue weighted by atomic mass is 35.5. The molecule has 0 fully saturated rings. The van der Waals surface area contributed by atoms with E-state index >= 15 is 0 Å². The molecule has 1 N–H and O–H groups in total. The summed E-state index contributed by atoms with van der Waals surface area (Å²) in [5.41, 5.74) is 0.234. The fourth-order valence-electron chi connectivity index (χ4n) is 2.96. The molecule has 30 heavy (non-hydrogen) atoms. The normalized spacial score (nSPS) is 16.5. The van der Waals surface area contributed by atoms with Crippen molar-refractivity contribution in [1.82, 2.24) is 5.32 Å². The van der Waals surface area contributed by atoms with Crippen molar-refractivity contribution in [2.24, 2.45) is 0 Å². The van der Waals surface area contributed by atoms with E-state index in [4.69, 9.17) is 16.3 Å². The Kier molecular flexibility index (Phi) is 6.30. The van der Waals surface area contributed by atoms with E-state index in [2.05, 4.69) is 5.32 Å². The van der Waals surface area contributed by atoms with Crippen LogP contribution in [0.3, 0.4) is 0 Å². The van der Waals surface area contributed by atoms with E-state index in [9.17, 15) is 21.6 Å². The minimum absolute atomic E-state index is 0.127. The van der Waals surface area contributed by atoms with Crippen LogP contribution >= 0.6 is 11.6 Å². The fraction of sp³-hybridized carbons (Fsp3) is 0.316. The maximum atomic E-state index is 13.5. The van der Waals surface area contributed by atoms with E-state index in [1.807, 2.05) is 6.92 Å². The van der Waals surface area contributed by atoms with Crippen LogP contribution in [-0.2, 0) is 24.7 Å². The average Bonchev–Trinajstić information content (AvgIpc) is 2.70. The number of hydrogen-bond acceptors (Lipinski definition) is 6. The Morgan fingerprint density at radius 2 is 1.90 bits per heavy atom. The van der Waals surface area contributed by atoms with Gasteiger partial charge in [-0.2, -0.15) is 0 Å². The lowest BCUT2D eigenvalue weighted by atomic mass is 10.2. The lowest BCUT2D eigenvalue weighted by molar-refractivity contribution is -0.127. The molecular formula is C19H21ClN2O6S2. The zero-order valence-corrected chi connectivity index (χ0v) is 18.7. The standard InChI is InChI=1S/C19H21ClN2O6S2/c1-3-10-21-19(23)17-12-22(15-6-4-5-7-16(15)28-17)30(26,27)18-11-13(29(2,24)25)8-9-14(18)20/h4-9,11,17H,3,10,12H2,1-2H3,(H,21,23). The smallest absolute Gasteiger partial charge is 0.266 e. The first-order valence-electron chi connectivity index (χ1n) is 9.11. The first-order chi connectivity index (χ1) is 14.1. The van der Waals surface area contributed by atoms with Crippen molar-refractivity contribution in [3.8, 4) is 5.75 Å². The summed E-state index contributed by atoms with van der Waals surface area (Å²) in [6, 6.07) is 9.89. The quantitative estimate of drug-likeness (QED) is 0.690. The number of nitrogens with one attached hydrogen (secondary N) is 1. The monoisotopic (exact) mass is 472 g/mol. The Labute approximate surface area is 180 Å². The van der Waals surface area contributed by atoms with Gasteiger partial charge >= 0.3 is 0 Å². The number of carbonyl (C=O) groups is 1. The number of sulfone groups is 1. The summed E-state index contributed by atoms with van der Waals surface area (Å²) in [6.45, 7) is 2.04. The van der Waals surface area contributed by atoms with E-state index in [0.717, 1.165) is 16.6 Å². The van der Waals surface area contributed by atoms with Crippen molar-refractivity contribution in [2.45, 2.75) is 29.2 Å². The van der Waals surface area contributed by atoms with Crippen LogP contribution in [0.15, 0.2) is 52.3 Å². The van der Waals surface area contributed by atoms with Gasteiger partial charge in [0.2, 0.25) is 0 Å². The van der Waals surface area contributed by atoms with Crippen molar-refractivity contribution in [3.63, 3.8) is 0 Å². The topological polar surface area (TPSA) is 110 Å². The zero-order chi connectivity index (χ0) is 22.1. The van der Waals surface area contributed by atoms with Gasteiger partial charge in [0, 0.05) is 12.8 Å². The molecule has 1 unspecified atom stereocenters. The number of sulfonamides is 1. The minimum atomic E-state index is -4.30. The third-order valence-electron chi connectivity index (χ3n) is 4.48. The molecule has 0 saturated carbocycles. The molecule has 8 nitrogen and oxygen atoms in total. The number of anilines is 1. The molecule has 0 radical (unpaired) electrons. The number of nitrogens with zero attached hydrogens (tertiary/aromatic N) is 1. The van der Waals surface area contributed by atoms with Crippen LogP contribution in [0.4, 0.5) is 5.69 Å². The third-order valence-corrected chi connectivity index (χ3v) is 7.85. The molecule has 0 aliphatic carbocycles. The number of benzene rings is 2. The van der Waals surface area contributed by atoms with E-state index in [-0.39, 0.29) is 32.8 Å². The van der Waals surface area contributed by atoms with Gasteiger partial charge in [-0.1, -0.05) is 30.7 Å². The largest absolute Gasteiger partial charge is 0.476 e. The number of fused-ring (bicyclic) bond motifs is 1. The van der Waals surface area contributed by atoms with Crippen LogP contribution in [0.5, 0.6) is 5.75 Å². The molecule has 2 aromatic carbocycles. The van der Waals surface area contributed by atoms with Crippen molar-refractivity contribution in [1.29, 1.82) is 0 Å². The molecule has 1 aliphatic rings. The Morgan fingerprint density at radius 1 is 1.20 bits per heavy atom. The van der Waals surface area contributed by atoms with Crippen molar-refractivity contribution < 1.29 is 26.4 Å². The van der Waals surface area contributed by atoms with E-state index in [1.165, 1.54) is 12.1 Å². The zero-order valence-electron chi connectivity index (χ0n) is 16.3. The first kappa shape index (κ1) is 22.4. The van der Waals surface area contributed by atoms with Crippen molar-refractivity contribution in [2.75, 3.05) is 23.7 Å².